The third kappa shape index (κ3) is 2.35. The summed E-state index contributed by atoms with van der Waals surface area (Å²) >= 11 is 3.33. The van der Waals surface area contributed by atoms with Gasteiger partial charge < -0.3 is 4.74 Å². The lowest BCUT2D eigenvalue weighted by atomic mass is 10.0. The van der Waals surface area contributed by atoms with E-state index in [9.17, 15) is 4.79 Å². The van der Waals surface area contributed by atoms with E-state index in [0.29, 0.717) is 0 Å². The fourth-order valence-electron chi connectivity index (χ4n) is 1.33. The van der Waals surface area contributed by atoms with Crippen molar-refractivity contribution in [2.24, 2.45) is 0 Å². The van der Waals surface area contributed by atoms with Crippen LogP contribution >= 0.6 is 15.9 Å². The van der Waals surface area contributed by atoms with E-state index in [0.717, 1.165) is 12.0 Å². The van der Waals surface area contributed by atoms with Crippen LogP contribution in [0.1, 0.15) is 22.9 Å². The zero-order chi connectivity index (χ0) is 10.6. The molecule has 76 valence electrons. The first-order valence-electron chi connectivity index (χ1n) is 4.50. The third-order valence-electron chi connectivity index (χ3n) is 2.12. The van der Waals surface area contributed by atoms with Gasteiger partial charge in [-0.2, -0.15) is 0 Å². The molecule has 1 aromatic rings. The number of rotatable bonds is 3. The highest BCUT2D eigenvalue weighted by atomic mass is 79.9. The van der Waals surface area contributed by atoms with Crippen molar-refractivity contribution >= 4 is 21.9 Å². The fraction of sp³-hybridized carbons (Fsp3) is 0.364. The second-order valence-electron chi connectivity index (χ2n) is 2.94. The number of benzene rings is 1. The Kier molecular flexibility index (Phi) is 4.14. The van der Waals surface area contributed by atoms with Crippen molar-refractivity contribution in [3.05, 3.63) is 35.4 Å². The Balaban J connectivity index is 2.99. The van der Waals surface area contributed by atoms with Gasteiger partial charge in [-0.05, 0) is 17.5 Å². The summed E-state index contributed by atoms with van der Waals surface area (Å²) < 4.78 is 4.68. The highest BCUT2D eigenvalue weighted by Crippen LogP contribution is 2.27. The summed E-state index contributed by atoms with van der Waals surface area (Å²) in [5, 5.41) is 0. The molecule has 14 heavy (non-hydrogen) atoms. The summed E-state index contributed by atoms with van der Waals surface area (Å²) in [6, 6.07) is 7.85. The molecule has 1 atom stereocenters. The number of hydrogen-bond acceptors (Lipinski definition) is 2. The number of hydrogen-bond donors (Lipinski definition) is 0. The van der Waals surface area contributed by atoms with Gasteiger partial charge >= 0.3 is 5.97 Å². The van der Waals surface area contributed by atoms with Crippen LogP contribution in [0.3, 0.4) is 0 Å². The number of halogens is 1. The molecule has 0 aliphatic carbocycles. The molecule has 0 aromatic heterocycles. The highest BCUT2D eigenvalue weighted by Gasteiger charge is 2.19. The average molecular weight is 257 g/mol. The van der Waals surface area contributed by atoms with Crippen LogP contribution in [-0.2, 0) is 16.0 Å². The van der Waals surface area contributed by atoms with E-state index < -0.39 is 0 Å². The van der Waals surface area contributed by atoms with Crippen molar-refractivity contribution in [3.63, 3.8) is 0 Å². The topological polar surface area (TPSA) is 26.3 Å². The highest BCUT2D eigenvalue weighted by molar-refractivity contribution is 9.09. The van der Waals surface area contributed by atoms with E-state index in [2.05, 4.69) is 27.6 Å². The average Bonchev–Trinajstić information content (AvgIpc) is 2.26. The molecule has 0 aliphatic rings. The van der Waals surface area contributed by atoms with Crippen LogP contribution in [0.15, 0.2) is 24.3 Å². The molecule has 0 saturated carbocycles. The molecule has 1 rings (SSSR count). The van der Waals surface area contributed by atoms with Crippen LogP contribution in [0.25, 0.3) is 0 Å². The van der Waals surface area contributed by atoms with Gasteiger partial charge in [-0.15, -0.1) is 0 Å². The van der Waals surface area contributed by atoms with Crippen molar-refractivity contribution in [1.82, 2.24) is 0 Å². The maximum Gasteiger partial charge on any atom is 0.324 e. The summed E-state index contributed by atoms with van der Waals surface area (Å²) in [6.07, 6.45) is 0.912. The van der Waals surface area contributed by atoms with Gasteiger partial charge in [-0.25, -0.2) is 0 Å². The number of methoxy groups -OCH3 is 1. The minimum atomic E-state index is -0.358. The van der Waals surface area contributed by atoms with Crippen LogP contribution in [0.2, 0.25) is 0 Å². The molecule has 0 amide bonds. The molecule has 0 aliphatic heterocycles. The standard InChI is InChI=1S/C11H13BrO2/c1-3-8-6-4-5-7-9(8)10(12)11(13)14-2/h4-7,10H,3H2,1-2H3. The Morgan fingerprint density at radius 2 is 2.14 bits per heavy atom. The van der Waals surface area contributed by atoms with Gasteiger partial charge in [0.2, 0.25) is 0 Å². The number of alkyl halides is 1. The molecular weight excluding hydrogens is 244 g/mol. The largest absolute Gasteiger partial charge is 0.468 e. The van der Waals surface area contributed by atoms with Crippen molar-refractivity contribution in [3.8, 4) is 0 Å². The second-order valence-corrected chi connectivity index (χ2v) is 3.85. The van der Waals surface area contributed by atoms with Gasteiger partial charge in [0.1, 0.15) is 4.83 Å². The van der Waals surface area contributed by atoms with Gasteiger partial charge in [0, 0.05) is 0 Å². The molecular formula is C11H13BrO2. The molecule has 0 radical (unpaired) electrons. The lowest BCUT2D eigenvalue weighted by Crippen LogP contribution is -2.09. The molecule has 3 heteroatoms. The molecule has 0 N–H and O–H groups in total. The number of ether oxygens (including phenoxy) is 1. The summed E-state index contributed by atoms with van der Waals surface area (Å²) in [4.78, 5) is 11.0. The van der Waals surface area contributed by atoms with E-state index >= 15 is 0 Å². The zero-order valence-electron chi connectivity index (χ0n) is 8.29. The maximum absolute atomic E-state index is 11.3. The van der Waals surface area contributed by atoms with Crippen molar-refractivity contribution in [2.75, 3.05) is 7.11 Å². The van der Waals surface area contributed by atoms with Crippen LogP contribution < -0.4 is 0 Å². The van der Waals surface area contributed by atoms with Gasteiger partial charge in [0.25, 0.3) is 0 Å². The molecule has 2 nitrogen and oxygen atoms in total. The maximum atomic E-state index is 11.3. The van der Waals surface area contributed by atoms with E-state index in [1.54, 1.807) is 0 Å². The second kappa shape index (κ2) is 5.15. The predicted octanol–water partition coefficient (Wildman–Crippen LogP) is 2.86. The Bertz CT molecular complexity index is 323. The Labute approximate surface area is 92.4 Å². The summed E-state index contributed by atoms with van der Waals surface area (Å²) in [7, 11) is 1.39. The number of carbonyl (C=O) groups excluding carboxylic acids is 1. The Morgan fingerprint density at radius 3 is 2.71 bits per heavy atom. The number of carbonyl (C=O) groups is 1. The van der Waals surface area contributed by atoms with Crippen molar-refractivity contribution in [1.29, 1.82) is 0 Å². The van der Waals surface area contributed by atoms with Crippen LogP contribution in [0, 0.1) is 0 Å². The number of esters is 1. The van der Waals surface area contributed by atoms with Crippen molar-refractivity contribution < 1.29 is 9.53 Å². The smallest absolute Gasteiger partial charge is 0.324 e. The van der Waals surface area contributed by atoms with E-state index in [1.165, 1.54) is 12.7 Å². The molecule has 0 spiro atoms. The zero-order valence-corrected chi connectivity index (χ0v) is 9.87. The Hall–Kier alpha value is -0.830. The van der Waals surface area contributed by atoms with E-state index in [4.69, 9.17) is 0 Å². The van der Waals surface area contributed by atoms with Crippen LogP contribution in [0.4, 0.5) is 0 Å². The van der Waals surface area contributed by atoms with Crippen LogP contribution in [-0.4, -0.2) is 13.1 Å². The molecule has 1 unspecified atom stereocenters. The third-order valence-corrected chi connectivity index (χ3v) is 2.98. The first-order chi connectivity index (χ1) is 6.70. The van der Waals surface area contributed by atoms with Gasteiger partial charge in [-0.3, -0.25) is 4.79 Å². The first-order valence-corrected chi connectivity index (χ1v) is 5.42. The van der Waals surface area contributed by atoms with Crippen LogP contribution in [0.5, 0.6) is 0 Å². The lowest BCUT2D eigenvalue weighted by molar-refractivity contribution is -0.139. The Morgan fingerprint density at radius 1 is 1.50 bits per heavy atom. The SMILES string of the molecule is CCc1ccccc1C(Br)C(=O)OC. The summed E-state index contributed by atoms with van der Waals surface area (Å²) in [5.41, 5.74) is 2.15. The van der Waals surface area contributed by atoms with Gasteiger partial charge in [-0.1, -0.05) is 47.1 Å². The van der Waals surface area contributed by atoms with Crippen molar-refractivity contribution in [2.45, 2.75) is 18.2 Å². The summed E-state index contributed by atoms with van der Waals surface area (Å²) in [6.45, 7) is 2.07. The molecule has 0 saturated heterocycles. The normalized spacial score (nSPS) is 12.2. The van der Waals surface area contributed by atoms with E-state index in [1.807, 2.05) is 24.3 Å². The molecule has 0 heterocycles. The predicted molar refractivity (Wildman–Crippen MR) is 59.5 cm³/mol. The summed E-state index contributed by atoms with van der Waals surface area (Å²) in [5.74, 6) is -0.258. The lowest BCUT2D eigenvalue weighted by Gasteiger charge is -2.11. The molecule has 0 bridgehead atoms. The quantitative estimate of drug-likeness (QED) is 0.614. The number of aryl methyl sites for hydroxylation is 1. The van der Waals surface area contributed by atoms with Gasteiger partial charge in [0.05, 0.1) is 7.11 Å². The molecule has 1 aromatic carbocycles. The van der Waals surface area contributed by atoms with E-state index in [-0.39, 0.29) is 10.8 Å². The monoisotopic (exact) mass is 256 g/mol. The minimum Gasteiger partial charge on any atom is -0.468 e. The molecule has 0 fully saturated rings. The van der Waals surface area contributed by atoms with Gasteiger partial charge in [0.15, 0.2) is 0 Å². The minimum absolute atomic E-state index is 0.258. The fourth-order valence-corrected chi connectivity index (χ4v) is 1.97. The first kappa shape index (κ1) is 11.2.